The number of sulfonamides is 1. The predicted molar refractivity (Wildman–Crippen MR) is 96.8 cm³/mol. The Morgan fingerprint density at radius 3 is 2.26 bits per heavy atom. The molecule has 8 nitrogen and oxygen atoms in total. The Labute approximate surface area is 158 Å². The molecular formula is C18H24N2O6S. The summed E-state index contributed by atoms with van der Waals surface area (Å²) in [6.07, 6.45) is 1.97. The third-order valence-corrected chi connectivity index (χ3v) is 7.23. The van der Waals surface area contributed by atoms with E-state index in [0.717, 1.165) is 0 Å². The largest absolute Gasteiger partial charge is 0.497 e. The van der Waals surface area contributed by atoms with Crippen molar-refractivity contribution >= 4 is 21.9 Å². The number of rotatable bonds is 5. The third-order valence-electron chi connectivity index (χ3n) is 5.32. The Morgan fingerprint density at radius 1 is 1.07 bits per heavy atom. The van der Waals surface area contributed by atoms with Crippen molar-refractivity contribution in [3.05, 3.63) is 24.3 Å². The number of hydrogen-bond donors (Lipinski definition) is 1. The van der Waals surface area contributed by atoms with Gasteiger partial charge in [0.1, 0.15) is 11.8 Å². The lowest BCUT2D eigenvalue weighted by Gasteiger charge is -2.33. The van der Waals surface area contributed by atoms with E-state index in [1.54, 1.807) is 12.1 Å². The van der Waals surface area contributed by atoms with Crippen LogP contribution >= 0.6 is 0 Å². The minimum Gasteiger partial charge on any atom is -0.497 e. The van der Waals surface area contributed by atoms with Crippen LogP contribution in [-0.4, -0.2) is 67.4 Å². The first kappa shape index (κ1) is 19.6. The molecule has 27 heavy (non-hydrogen) atoms. The molecule has 1 amide bonds. The van der Waals surface area contributed by atoms with Crippen molar-refractivity contribution in [1.82, 2.24) is 9.21 Å². The predicted octanol–water partition coefficient (Wildman–Crippen LogP) is 1.17. The van der Waals surface area contributed by atoms with Crippen molar-refractivity contribution < 1.29 is 27.9 Å². The third kappa shape index (κ3) is 3.93. The monoisotopic (exact) mass is 396 g/mol. The van der Waals surface area contributed by atoms with E-state index in [-0.39, 0.29) is 29.8 Å². The fraction of sp³-hybridized carbons (Fsp3) is 0.556. The van der Waals surface area contributed by atoms with Crippen LogP contribution in [0, 0.1) is 5.92 Å². The van der Waals surface area contributed by atoms with Gasteiger partial charge in [-0.25, -0.2) is 13.2 Å². The van der Waals surface area contributed by atoms with Crippen molar-refractivity contribution in [2.24, 2.45) is 5.92 Å². The van der Waals surface area contributed by atoms with Crippen LogP contribution in [0.4, 0.5) is 0 Å². The number of benzene rings is 1. The normalized spacial score (nSPS) is 22.0. The lowest BCUT2D eigenvalue weighted by atomic mass is 9.96. The summed E-state index contributed by atoms with van der Waals surface area (Å²) in [4.78, 5) is 25.6. The quantitative estimate of drug-likeness (QED) is 0.801. The van der Waals surface area contributed by atoms with Gasteiger partial charge in [0.2, 0.25) is 15.9 Å². The molecular weight excluding hydrogens is 372 g/mol. The van der Waals surface area contributed by atoms with Gasteiger partial charge in [-0.15, -0.1) is 0 Å². The van der Waals surface area contributed by atoms with E-state index in [2.05, 4.69) is 0 Å². The number of carboxylic acid groups (broad SMARTS) is 1. The van der Waals surface area contributed by atoms with E-state index in [1.165, 1.54) is 28.4 Å². The summed E-state index contributed by atoms with van der Waals surface area (Å²) < 4.78 is 32.0. The number of hydrogen-bond acceptors (Lipinski definition) is 5. The number of likely N-dealkylation sites (tertiary alicyclic amines) is 1. The molecule has 1 N–H and O–H groups in total. The maximum atomic E-state index is 12.8. The molecule has 1 aromatic rings. The smallest absolute Gasteiger partial charge is 0.326 e. The van der Waals surface area contributed by atoms with Crippen LogP contribution in [0.5, 0.6) is 5.75 Å². The van der Waals surface area contributed by atoms with Crippen LogP contribution in [0.1, 0.15) is 25.7 Å². The summed E-state index contributed by atoms with van der Waals surface area (Å²) in [7, 11) is -2.11. The van der Waals surface area contributed by atoms with Gasteiger partial charge in [-0.3, -0.25) is 4.79 Å². The zero-order chi connectivity index (χ0) is 19.6. The highest BCUT2D eigenvalue weighted by Gasteiger charge is 2.39. The Kier molecular flexibility index (Phi) is 5.71. The first-order valence-corrected chi connectivity index (χ1v) is 10.5. The van der Waals surface area contributed by atoms with Crippen LogP contribution in [0.25, 0.3) is 0 Å². The summed E-state index contributed by atoms with van der Waals surface area (Å²) in [5.74, 6) is -0.883. The molecule has 2 fully saturated rings. The maximum absolute atomic E-state index is 12.8. The molecule has 2 aliphatic heterocycles. The highest BCUT2D eigenvalue weighted by molar-refractivity contribution is 7.89. The number of amides is 1. The number of ether oxygens (including phenoxy) is 1. The van der Waals surface area contributed by atoms with Crippen molar-refractivity contribution in [1.29, 1.82) is 0 Å². The molecule has 0 radical (unpaired) electrons. The highest BCUT2D eigenvalue weighted by atomic mass is 32.2. The lowest BCUT2D eigenvalue weighted by Crippen LogP contribution is -2.47. The minimum absolute atomic E-state index is 0.165. The molecule has 0 aliphatic carbocycles. The van der Waals surface area contributed by atoms with Gasteiger partial charge < -0.3 is 14.7 Å². The number of nitrogens with zero attached hydrogens (tertiary/aromatic N) is 2. The molecule has 0 spiro atoms. The first-order valence-electron chi connectivity index (χ1n) is 9.02. The van der Waals surface area contributed by atoms with E-state index in [0.29, 0.717) is 38.0 Å². The maximum Gasteiger partial charge on any atom is 0.326 e. The molecule has 3 rings (SSSR count). The molecule has 1 aromatic carbocycles. The second-order valence-corrected chi connectivity index (χ2v) is 8.82. The molecule has 2 saturated heterocycles. The number of carboxylic acids is 1. The van der Waals surface area contributed by atoms with Gasteiger partial charge in [0.05, 0.1) is 12.0 Å². The summed E-state index contributed by atoms with van der Waals surface area (Å²) >= 11 is 0. The van der Waals surface area contributed by atoms with Crippen molar-refractivity contribution in [2.45, 2.75) is 36.6 Å². The first-order chi connectivity index (χ1) is 12.8. The SMILES string of the molecule is COc1ccc(S(=O)(=O)N2CCC(C(=O)N3CCC[C@@H]3C(=O)O)CC2)cc1. The van der Waals surface area contributed by atoms with Gasteiger partial charge in [-0.1, -0.05) is 0 Å². The fourth-order valence-electron chi connectivity index (χ4n) is 3.76. The van der Waals surface area contributed by atoms with E-state index in [4.69, 9.17) is 4.74 Å². The van der Waals surface area contributed by atoms with E-state index < -0.39 is 22.0 Å². The van der Waals surface area contributed by atoms with Gasteiger partial charge >= 0.3 is 5.97 Å². The number of methoxy groups -OCH3 is 1. The zero-order valence-corrected chi connectivity index (χ0v) is 16.0. The van der Waals surface area contributed by atoms with Gasteiger partial charge in [0.15, 0.2) is 0 Å². The second-order valence-electron chi connectivity index (χ2n) is 6.88. The summed E-state index contributed by atoms with van der Waals surface area (Å²) in [6.45, 7) is 0.951. The van der Waals surface area contributed by atoms with E-state index in [1.807, 2.05) is 0 Å². The fourth-order valence-corrected chi connectivity index (χ4v) is 5.23. The standard InChI is InChI=1S/C18H24N2O6S/c1-26-14-4-6-15(7-5-14)27(24,25)19-11-8-13(9-12-19)17(21)20-10-2-3-16(20)18(22)23/h4-7,13,16H,2-3,8-12H2,1H3,(H,22,23)/t16-/m1/s1. The summed E-state index contributed by atoms with van der Waals surface area (Å²) in [5, 5.41) is 9.25. The second kappa shape index (κ2) is 7.85. The van der Waals surface area contributed by atoms with Gasteiger partial charge in [0, 0.05) is 25.6 Å². The molecule has 0 saturated carbocycles. The Balaban J connectivity index is 1.64. The van der Waals surface area contributed by atoms with Gasteiger partial charge in [0.25, 0.3) is 0 Å². The van der Waals surface area contributed by atoms with E-state index >= 15 is 0 Å². The molecule has 9 heteroatoms. The molecule has 0 unspecified atom stereocenters. The van der Waals surface area contributed by atoms with Crippen LogP contribution in [0.2, 0.25) is 0 Å². The Morgan fingerprint density at radius 2 is 1.70 bits per heavy atom. The average molecular weight is 396 g/mol. The molecule has 2 aliphatic rings. The molecule has 2 heterocycles. The van der Waals surface area contributed by atoms with Gasteiger partial charge in [-0.05, 0) is 49.9 Å². The average Bonchev–Trinajstić information content (AvgIpc) is 3.18. The van der Waals surface area contributed by atoms with Crippen LogP contribution in [0.3, 0.4) is 0 Å². The number of carbonyl (C=O) groups excluding carboxylic acids is 1. The van der Waals surface area contributed by atoms with Crippen LogP contribution < -0.4 is 4.74 Å². The number of aliphatic carboxylic acids is 1. The van der Waals surface area contributed by atoms with E-state index in [9.17, 15) is 23.1 Å². The minimum atomic E-state index is -3.62. The molecule has 0 aromatic heterocycles. The molecule has 1 atom stereocenters. The van der Waals surface area contributed by atoms with Crippen molar-refractivity contribution in [3.8, 4) is 5.75 Å². The Bertz CT molecular complexity index is 800. The summed E-state index contributed by atoms with van der Waals surface area (Å²) in [6, 6.07) is 5.46. The zero-order valence-electron chi connectivity index (χ0n) is 15.2. The highest BCUT2D eigenvalue weighted by Crippen LogP contribution is 2.28. The topological polar surface area (TPSA) is 104 Å². The molecule has 0 bridgehead atoms. The lowest BCUT2D eigenvalue weighted by molar-refractivity contribution is -0.150. The van der Waals surface area contributed by atoms with Crippen LogP contribution in [-0.2, 0) is 19.6 Å². The van der Waals surface area contributed by atoms with Crippen molar-refractivity contribution in [3.63, 3.8) is 0 Å². The summed E-state index contributed by atoms with van der Waals surface area (Å²) in [5.41, 5.74) is 0. The Hall–Kier alpha value is -2.13. The number of piperidine rings is 1. The van der Waals surface area contributed by atoms with Crippen molar-refractivity contribution in [2.75, 3.05) is 26.7 Å². The molecule has 148 valence electrons. The number of carbonyl (C=O) groups is 2. The van der Waals surface area contributed by atoms with Crippen LogP contribution in [0.15, 0.2) is 29.2 Å². The van der Waals surface area contributed by atoms with Gasteiger partial charge in [-0.2, -0.15) is 4.31 Å².